The molecule has 0 aromatic heterocycles. The molecule has 0 bridgehead atoms. The lowest BCUT2D eigenvalue weighted by atomic mass is 9.49. The maximum absolute atomic E-state index is 3.72. The van der Waals surface area contributed by atoms with Gasteiger partial charge in [-0.3, -0.25) is 0 Å². The second kappa shape index (κ2) is 4.45. The Morgan fingerprint density at radius 2 is 1.73 bits per heavy atom. The van der Waals surface area contributed by atoms with Gasteiger partial charge in [0.05, 0.1) is 0 Å². The highest BCUT2D eigenvalue weighted by Gasteiger charge is 2.54. The van der Waals surface area contributed by atoms with Crippen LogP contribution in [0.3, 0.4) is 0 Å². The van der Waals surface area contributed by atoms with E-state index in [9.17, 15) is 0 Å². The van der Waals surface area contributed by atoms with E-state index in [2.05, 4.69) is 26.1 Å². The van der Waals surface area contributed by atoms with Gasteiger partial charge in [0.1, 0.15) is 0 Å². The highest BCUT2D eigenvalue weighted by molar-refractivity contribution is 5.07. The fourth-order valence-corrected chi connectivity index (χ4v) is 4.13. The summed E-state index contributed by atoms with van der Waals surface area (Å²) in [6.45, 7) is 8.33. The maximum atomic E-state index is 3.72. The summed E-state index contributed by atoms with van der Waals surface area (Å²) in [6, 6.07) is 0.797. The van der Waals surface area contributed by atoms with Crippen LogP contribution in [0.15, 0.2) is 0 Å². The molecule has 0 spiro atoms. The van der Waals surface area contributed by atoms with Crippen molar-refractivity contribution in [2.45, 2.75) is 65.3 Å². The number of hydrogen-bond acceptors (Lipinski definition) is 1. The first-order chi connectivity index (χ1) is 7.18. The van der Waals surface area contributed by atoms with Gasteiger partial charge in [-0.25, -0.2) is 0 Å². The van der Waals surface area contributed by atoms with Gasteiger partial charge in [0.25, 0.3) is 0 Å². The largest absolute Gasteiger partial charge is 0.313 e. The third-order valence-corrected chi connectivity index (χ3v) is 4.93. The molecule has 15 heavy (non-hydrogen) atoms. The zero-order chi connectivity index (χ0) is 10.9. The molecule has 0 aromatic rings. The van der Waals surface area contributed by atoms with Crippen molar-refractivity contribution in [2.24, 2.45) is 17.3 Å². The molecule has 0 amide bonds. The van der Waals surface area contributed by atoms with E-state index in [0.717, 1.165) is 24.4 Å². The number of nitrogens with one attached hydrogen (secondary N) is 1. The van der Waals surface area contributed by atoms with Gasteiger partial charge in [0, 0.05) is 6.04 Å². The number of rotatable bonds is 2. The first-order valence-corrected chi connectivity index (χ1v) is 6.91. The van der Waals surface area contributed by atoms with Crippen LogP contribution < -0.4 is 5.32 Å². The summed E-state index contributed by atoms with van der Waals surface area (Å²) < 4.78 is 0. The van der Waals surface area contributed by atoms with E-state index in [1.165, 1.54) is 38.5 Å². The summed E-state index contributed by atoms with van der Waals surface area (Å²) in [5, 5.41) is 3.72. The predicted molar refractivity (Wildman–Crippen MR) is 65.9 cm³/mol. The molecule has 0 saturated heterocycles. The first-order valence-electron chi connectivity index (χ1n) is 6.91. The smallest absolute Gasteiger partial charge is 0.0152 e. The highest BCUT2D eigenvalue weighted by atomic mass is 15.0. The first kappa shape index (κ1) is 11.4. The van der Waals surface area contributed by atoms with Crippen molar-refractivity contribution >= 4 is 0 Å². The van der Waals surface area contributed by atoms with Crippen LogP contribution in [0.5, 0.6) is 0 Å². The molecule has 2 rings (SSSR count). The summed E-state index contributed by atoms with van der Waals surface area (Å²) in [5.74, 6) is 1.99. The molecule has 0 aromatic carbocycles. The van der Waals surface area contributed by atoms with Gasteiger partial charge in [-0.05, 0) is 36.6 Å². The molecule has 2 aliphatic carbocycles. The van der Waals surface area contributed by atoms with Gasteiger partial charge >= 0.3 is 0 Å². The number of fused-ring (bicyclic) bond motifs is 1. The second-order valence-electron chi connectivity index (χ2n) is 6.12. The Balaban J connectivity index is 2.02. The van der Waals surface area contributed by atoms with Crippen molar-refractivity contribution in [3.8, 4) is 0 Å². The minimum absolute atomic E-state index is 0.554. The van der Waals surface area contributed by atoms with Crippen molar-refractivity contribution < 1.29 is 0 Å². The SMILES string of the molecule is CCNC1C2CCCCCCC2C1(C)C. The van der Waals surface area contributed by atoms with Crippen LogP contribution in [0.2, 0.25) is 0 Å². The Hall–Kier alpha value is -0.0400. The van der Waals surface area contributed by atoms with E-state index in [-0.39, 0.29) is 0 Å². The van der Waals surface area contributed by atoms with Gasteiger partial charge < -0.3 is 5.32 Å². The maximum Gasteiger partial charge on any atom is 0.0152 e. The van der Waals surface area contributed by atoms with E-state index >= 15 is 0 Å². The average molecular weight is 209 g/mol. The van der Waals surface area contributed by atoms with Crippen molar-refractivity contribution in [3.63, 3.8) is 0 Å². The lowest BCUT2D eigenvalue weighted by Gasteiger charge is -2.60. The molecule has 88 valence electrons. The van der Waals surface area contributed by atoms with Gasteiger partial charge in [-0.1, -0.05) is 46.5 Å². The van der Waals surface area contributed by atoms with Crippen molar-refractivity contribution in [2.75, 3.05) is 6.54 Å². The minimum atomic E-state index is 0.554. The summed E-state index contributed by atoms with van der Waals surface area (Å²) in [6.07, 6.45) is 8.86. The summed E-state index contributed by atoms with van der Waals surface area (Å²) in [7, 11) is 0. The zero-order valence-electron chi connectivity index (χ0n) is 10.7. The van der Waals surface area contributed by atoms with Gasteiger partial charge in [0.15, 0.2) is 0 Å². The summed E-state index contributed by atoms with van der Waals surface area (Å²) >= 11 is 0. The van der Waals surface area contributed by atoms with E-state index in [1.807, 2.05) is 0 Å². The lowest BCUT2D eigenvalue weighted by molar-refractivity contribution is -0.0759. The molecule has 0 radical (unpaired) electrons. The van der Waals surface area contributed by atoms with Gasteiger partial charge in [0.2, 0.25) is 0 Å². The Labute approximate surface area is 95.0 Å². The fourth-order valence-electron chi connectivity index (χ4n) is 4.13. The van der Waals surface area contributed by atoms with Crippen LogP contribution in [0.1, 0.15) is 59.3 Å². The molecule has 2 aliphatic rings. The third kappa shape index (κ3) is 1.95. The lowest BCUT2D eigenvalue weighted by Crippen LogP contribution is -2.64. The summed E-state index contributed by atoms with van der Waals surface area (Å²) in [5.41, 5.74) is 0.554. The third-order valence-electron chi connectivity index (χ3n) is 4.93. The molecule has 0 heterocycles. The van der Waals surface area contributed by atoms with Gasteiger partial charge in [-0.15, -0.1) is 0 Å². The molecular formula is C14H27N. The molecule has 2 fully saturated rings. The quantitative estimate of drug-likeness (QED) is 0.733. The number of hydrogen-bond donors (Lipinski definition) is 1. The van der Waals surface area contributed by atoms with Crippen molar-refractivity contribution in [3.05, 3.63) is 0 Å². The molecule has 3 atom stereocenters. The average Bonchev–Trinajstić information content (AvgIpc) is 2.15. The molecule has 1 nitrogen and oxygen atoms in total. The Kier molecular flexibility index (Phi) is 3.39. The predicted octanol–water partition coefficient (Wildman–Crippen LogP) is 3.59. The zero-order valence-corrected chi connectivity index (χ0v) is 10.7. The minimum Gasteiger partial charge on any atom is -0.313 e. The molecule has 1 heteroatoms. The standard InChI is InChI=1S/C14H27N/c1-4-15-13-11-9-7-5-6-8-10-12(11)14(13,2)3/h11-13,15H,4-10H2,1-3H3. The van der Waals surface area contributed by atoms with Crippen LogP contribution in [-0.4, -0.2) is 12.6 Å². The van der Waals surface area contributed by atoms with Crippen LogP contribution in [0.4, 0.5) is 0 Å². The van der Waals surface area contributed by atoms with E-state index in [1.54, 1.807) is 0 Å². The molecule has 3 unspecified atom stereocenters. The molecule has 2 saturated carbocycles. The summed E-state index contributed by atoms with van der Waals surface area (Å²) in [4.78, 5) is 0. The fraction of sp³-hybridized carbons (Fsp3) is 1.00. The molecular weight excluding hydrogens is 182 g/mol. The van der Waals surface area contributed by atoms with E-state index < -0.39 is 0 Å². The monoisotopic (exact) mass is 209 g/mol. The van der Waals surface area contributed by atoms with Crippen molar-refractivity contribution in [1.82, 2.24) is 5.32 Å². The van der Waals surface area contributed by atoms with Gasteiger partial charge in [-0.2, -0.15) is 0 Å². The van der Waals surface area contributed by atoms with Crippen LogP contribution in [0.25, 0.3) is 0 Å². The van der Waals surface area contributed by atoms with E-state index in [0.29, 0.717) is 5.41 Å². The topological polar surface area (TPSA) is 12.0 Å². The van der Waals surface area contributed by atoms with E-state index in [4.69, 9.17) is 0 Å². The Morgan fingerprint density at radius 1 is 1.07 bits per heavy atom. The highest BCUT2D eigenvalue weighted by Crippen LogP contribution is 2.55. The van der Waals surface area contributed by atoms with Crippen LogP contribution in [0, 0.1) is 17.3 Å². The second-order valence-corrected chi connectivity index (χ2v) is 6.12. The molecule has 1 N–H and O–H groups in total. The van der Waals surface area contributed by atoms with Crippen molar-refractivity contribution in [1.29, 1.82) is 0 Å². The van der Waals surface area contributed by atoms with Crippen LogP contribution >= 0.6 is 0 Å². The Morgan fingerprint density at radius 3 is 2.40 bits per heavy atom. The molecule has 0 aliphatic heterocycles. The Bertz CT molecular complexity index is 201. The van der Waals surface area contributed by atoms with Crippen LogP contribution in [-0.2, 0) is 0 Å². The normalized spacial score (nSPS) is 39.8.